The number of hydrogen-bond donors (Lipinski definition) is 1. The number of rotatable bonds is 2. The molecule has 0 fully saturated rings. The lowest BCUT2D eigenvalue weighted by molar-refractivity contribution is 0.397. The zero-order chi connectivity index (χ0) is 10.8. The van der Waals surface area contributed by atoms with Crippen LogP contribution in [0, 0.1) is 0 Å². The second-order valence-corrected chi connectivity index (χ2v) is 3.78. The van der Waals surface area contributed by atoms with Crippen molar-refractivity contribution in [3.8, 4) is 5.88 Å². The van der Waals surface area contributed by atoms with E-state index < -0.39 is 0 Å². The van der Waals surface area contributed by atoms with Gasteiger partial charge in [0.05, 0.1) is 12.8 Å². The predicted molar refractivity (Wildman–Crippen MR) is 61.8 cm³/mol. The van der Waals surface area contributed by atoms with Gasteiger partial charge in [0.1, 0.15) is 0 Å². The third-order valence-electron chi connectivity index (χ3n) is 2.94. The highest BCUT2D eigenvalue weighted by molar-refractivity contribution is 5.69. The van der Waals surface area contributed by atoms with Crippen LogP contribution in [0.15, 0.2) is 12.1 Å². The molecule has 0 bridgehead atoms. The van der Waals surface area contributed by atoms with E-state index in [1.54, 1.807) is 7.11 Å². The SMILES string of the molecule is CCC1CNc2ccc(OC)nc2N1C. The quantitative estimate of drug-likeness (QED) is 0.801. The molecule has 1 unspecified atom stereocenters. The van der Waals surface area contributed by atoms with Crippen LogP contribution in [0.25, 0.3) is 0 Å². The smallest absolute Gasteiger partial charge is 0.215 e. The zero-order valence-corrected chi connectivity index (χ0v) is 9.45. The van der Waals surface area contributed by atoms with Gasteiger partial charge in [0.15, 0.2) is 5.82 Å². The lowest BCUT2D eigenvalue weighted by Gasteiger charge is -2.35. The summed E-state index contributed by atoms with van der Waals surface area (Å²) in [7, 11) is 3.72. The molecule has 1 aliphatic heterocycles. The molecule has 4 heteroatoms. The first-order valence-electron chi connectivity index (χ1n) is 5.28. The number of fused-ring (bicyclic) bond motifs is 1. The molecule has 1 aromatic rings. The minimum Gasteiger partial charge on any atom is -0.481 e. The van der Waals surface area contributed by atoms with Crippen LogP contribution in [0.3, 0.4) is 0 Å². The summed E-state index contributed by atoms with van der Waals surface area (Å²) in [5.74, 6) is 1.65. The highest BCUT2D eigenvalue weighted by atomic mass is 16.5. The van der Waals surface area contributed by atoms with Crippen LogP contribution < -0.4 is 15.0 Å². The van der Waals surface area contributed by atoms with E-state index >= 15 is 0 Å². The molecule has 0 amide bonds. The Labute approximate surface area is 90.3 Å². The normalized spacial score (nSPS) is 19.4. The first-order chi connectivity index (χ1) is 7.26. The highest BCUT2D eigenvalue weighted by Crippen LogP contribution is 2.30. The fourth-order valence-electron chi connectivity index (χ4n) is 1.91. The number of nitrogens with zero attached hydrogens (tertiary/aromatic N) is 2. The van der Waals surface area contributed by atoms with Crippen molar-refractivity contribution in [1.82, 2.24) is 4.98 Å². The number of methoxy groups -OCH3 is 1. The van der Waals surface area contributed by atoms with E-state index in [9.17, 15) is 0 Å². The van der Waals surface area contributed by atoms with Crippen molar-refractivity contribution in [1.29, 1.82) is 0 Å². The van der Waals surface area contributed by atoms with Crippen LogP contribution in [0.4, 0.5) is 11.5 Å². The molecule has 2 heterocycles. The third-order valence-corrected chi connectivity index (χ3v) is 2.94. The molecule has 1 aliphatic rings. The summed E-state index contributed by atoms with van der Waals surface area (Å²) in [4.78, 5) is 6.67. The molecule has 0 spiro atoms. The van der Waals surface area contributed by atoms with E-state index in [1.165, 1.54) is 0 Å². The number of hydrogen-bond acceptors (Lipinski definition) is 4. The molecule has 15 heavy (non-hydrogen) atoms. The van der Waals surface area contributed by atoms with E-state index in [0.717, 1.165) is 24.5 Å². The van der Waals surface area contributed by atoms with E-state index in [0.29, 0.717) is 11.9 Å². The molecule has 1 atom stereocenters. The third kappa shape index (κ3) is 1.71. The lowest BCUT2D eigenvalue weighted by atomic mass is 10.1. The van der Waals surface area contributed by atoms with Crippen LogP contribution in [-0.4, -0.2) is 31.7 Å². The molecular formula is C11H17N3O. The van der Waals surface area contributed by atoms with E-state index in [2.05, 4.69) is 29.2 Å². The van der Waals surface area contributed by atoms with E-state index in [1.807, 2.05) is 12.1 Å². The predicted octanol–water partition coefficient (Wildman–Crippen LogP) is 1.73. The first-order valence-corrected chi connectivity index (χ1v) is 5.28. The number of pyridine rings is 1. The second-order valence-electron chi connectivity index (χ2n) is 3.78. The molecule has 82 valence electrons. The van der Waals surface area contributed by atoms with Crippen LogP contribution in [0.2, 0.25) is 0 Å². The van der Waals surface area contributed by atoms with Crippen molar-refractivity contribution in [2.75, 3.05) is 30.9 Å². The molecule has 1 aromatic heterocycles. The van der Waals surface area contributed by atoms with Crippen LogP contribution >= 0.6 is 0 Å². The molecule has 0 radical (unpaired) electrons. The average Bonchev–Trinajstić information content (AvgIpc) is 2.29. The Morgan fingerprint density at radius 2 is 2.40 bits per heavy atom. The van der Waals surface area contributed by atoms with Gasteiger partial charge in [-0.05, 0) is 12.5 Å². The van der Waals surface area contributed by atoms with Gasteiger partial charge in [-0.1, -0.05) is 6.92 Å². The van der Waals surface area contributed by atoms with Crippen LogP contribution in [0.5, 0.6) is 5.88 Å². The fraction of sp³-hybridized carbons (Fsp3) is 0.545. The topological polar surface area (TPSA) is 37.4 Å². The second kappa shape index (κ2) is 3.96. The maximum absolute atomic E-state index is 5.13. The maximum Gasteiger partial charge on any atom is 0.215 e. The Hall–Kier alpha value is -1.45. The molecule has 0 saturated carbocycles. The Morgan fingerprint density at radius 1 is 1.60 bits per heavy atom. The van der Waals surface area contributed by atoms with Gasteiger partial charge < -0.3 is 15.0 Å². The van der Waals surface area contributed by atoms with Crippen LogP contribution in [-0.2, 0) is 0 Å². The van der Waals surface area contributed by atoms with Crippen molar-refractivity contribution in [2.24, 2.45) is 0 Å². The van der Waals surface area contributed by atoms with Crippen molar-refractivity contribution >= 4 is 11.5 Å². The molecule has 4 nitrogen and oxygen atoms in total. The minimum absolute atomic E-state index is 0.511. The van der Waals surface area contributed by atoms with Gasteiger partial charge in [0, 0.05) is 25.7 Å². The van der Waals surface area contributed by atoms with Crippen LogP contribution in [0.1, 0.15) is 13.3 Å². The van der Waals surface area contributed by atoms with Gasteiger partial charge >= 0.3 is 0 Å². The van der Waals surface area contributed by atoms with E-state index in [-0.39, 0.29) is 0 Å². The zero-order valence-electron chi connectivity index (χ0n) is 9.45. The van der Waals surface area contributed by atoms with Crippen molar-refractivity contribution < 1.29 is 4.74 Å². The van der Waals surface area contributed by atoms with Gasteiger partial charge in [-0.25, -0.2) is 0 Å². The lowest BCUT2D eigenvalue weighted by Crippen LogP contribution is -2.41. The standard InChI is InChI=1S/C11H17N3O/c1-4-8-7-12-9-5-6-10(15-3)13-11(9)14(8)2/h5-6,8,12H,4,7H2,1-3H3. The Morgan fingerprint density at radius 3 is 3.07 bits per heavy atom. The summed E-state index contributed by atoms with van der Waals surface area (Å²) in [6.45, 7) is 3.17. The van der Waals surface area contributed by atoms with Crippen molar-refractivity contribution in [3.63, 3.8) is 0 Å². The number of anilines is 2. The molecule has 0 aliphatic carbocycles. The summed E-state index contributed by atoms with van der Waals surface area (Å²) in [5, 5.41) is 3.39. The summed E-state index contributed by atoms with van der Waals surface area (Å²) in [6, 6.07) is 4.41. The summed E-state index contributed by atoms with van der Waals surface area (Å²) < 4.78 is 5.13. The average molecular weight is 207 g/mol. The molecule has 1 N–H and O–H groups in total. The first kappa shape index (κ1) is 10.1. The largest absolute Gasteiger partial charge is 0.481 e. The number of nitrogens with one attached hydrogen (secondary N) is 1. The molecule has 0 aromatic carbocycles. The number of likely N-dealkylation sites (N-methyl/N-ethyl adjacent to an activating group) is 1. The highest BCUT2D eigenvalue weighted by Gasteiger charge is 2.23. The van der Waals surface area contributed by atoms with Gasteiger partial charge in [-0.2, -0.15) is 4.98 Å². The minimum atomic E-state index is 0.511. The van der Waals surface area contributed by atoms with Gasteiger partial charge in [-0.3, -0.25) is 0 Å². The Kier molecular flexibility index (Phi) is 2.66. The van der Waals surface area contributed by atoms with Gasteiger partial charge in [0.2, 0.25) is 5.88 Å². The molecule has 2 rings (SSSR count). The van der Waals surface area contributed by atoms with Gasteiger partial charge in [-0.15, -0.1) is 0 Å². The summed E-state index contributed by atoms with van der Waals surface area (Å²) in [5.41, 5.74) is 1.09. The van der Waals surface area contributed by atoms with Crippen molar-refractivity contribution in [3.05, 3.63) is 12.1 Å². The number of aromatic nitrogens is 1. The Balaban J connectivity index is 2.35. The van der Waals surface area contributed by atoms with Crippen molar-refractivity contribution in [2.45, 2.75) is 19.4 Å². The fourth-order valence-corrected chi connectivity index (χ4v) is 1.91. The number of ether oxygens (including phenoxy) is 1. The monoisotopic (exact) mass is 207 g/mol. The molecule has 0 saturated heterocycles. The Bertz CT molecular complexity index is 354. The van der Waals surface area contributed by atoms with Gasteiger partial charge in [0.25, 0.3) is 0 Å². The van der Waals surface area contributed by atoms with E-state index in [4.69, 9.17) is 4.74 Å². The molecular weight excluding hydrogens is 190 g/mol. The summed E-state index contributed by atoms with van der Waals surface area (Å²) in [6.07, 6.45) is 1.11. The maximum atomic E-state index is 5.13. The summed E-state index contributed by atoms with van der Waals surface area (Å²) >= 11 is 0.